The molecule has 19 heavy (non-hydrogen) atoms. The molecule has 2 aromatic heterocycles. The maximum Gasteiger partial charge on any atom is 0.192 e. The topological polar surface area (TPSA) is 38.1 Å². The largest absolute Gasteiger partial charge is 0.441 e. The number of anilines is 1. The number of rotatable bonds is 3. The van der Waals surface area contributed by atoms with Gasteiger partial charge in [-0.15, -0.1) is 11.3 Å². The van der Waals surface area contributed by atoms with Crippen molar-refractivity contribution in [3.8, 4) is 0 Å². The number of benzene rings is 1. The molecule has 1 N–H and O–H groups in total. The van der Waals surface area contributed by atoms with Crippen molar-refractivity contribution in [1.29, 1.82) is 0 Å². The number of halogens is 1. The van der Waals surface area contributed by atoms with E-state index in [1.165, 1.54) is 4.88 Å². The van der Waals surface area contributed by atoms with Gasteiger partial charge in [0.25, 0.3) is 0 Å². The molecular weight excluding hydrogens is 324 g/mol. The van der Waals surface area contributed by atoms with Crippen molar-refractivity contribution >= 4 is 44.1 Å². The molecule has 1 atom stereocenters. The van der Waals surface area contributed by atoms with Gasteiger partial charge in [-0.3, -0.25) is 0 Å². The van der Waals surface area contributed by atoms with Crippen molar-refractivity contribution in [1.82, 2.24) is 4.98 Å². The molecule has 0 aliphatic heterocycles. The summed E-state index contributed by atoms with van der Waals surface area (Å²) in [5, 5.41) is 5.58. The molecule has 0 bridgehead atoms. The van der Waals surface area contributed by atoms with Crippen molar-refractivity contribution < 1.29 is 4.42 Å². The number of nitrogens with zero attached hydrogens (tertiary/aromatic N) is 1. The lowest BCUT2D eigenvalue weighted by Gasteiger charge is -2.13. The van der Waals surface area contributed by atoms with Crippen molar-refractivity contribution in [3.63, 3.8) is 0 Å². The van der Waals surface area contributed by atoms with Gasteiger partial charge in [-0.05, 0) is 47.1 Å². The van der Waals surface area contributed by atoms with Crippen LogP contribution in [0.2, 0.25) is 0 Å². The number of aromatic nitrogens is 1. The summed E-state index contributed by atoms with van der Waals surface area (Å²) in [7, 11) is 0. The zero-order valence-corrected chi connectivity index (χ0v) is 13.0. The second kappa shape index (κ2) is 4.98. The van der Waals surface area contributed by atoms with Crippen LogP contribution in [0.5, 0.6) is 0 Å². The Balaban J connectivity index is 1.84. The number of oxazole rings is 1. The quantitative estimate of drug-likeness (QED) is 0.720. The summed E-state index contributed by atoms with van der Waals surface area (Å²) in [5.74, 6) is 0.697. The molecule has 5 heteroatoms. The third-order valence-corrected chi connectivity index (χ3v) is 4.77. The molecule has 1 aromatic carbocycles. The summed E-state index contributed by atoms with van der Waals surface area (Å²) >= 11 is 5.22. The van der Waals surface area contributed by atoms with E-state index in [9.17, 15) is 0 Å². The van der Waals surface area contributed by atoms with Crippen LogP contribution in [0, 0.1) is 6.92 Å². The van der Waals surface area contributed by atoms with E-state index in [0.717, 1.165) is 21.3 Å². The van der Waals surface area contributed by atoms with Gasteiger partial charge in [0, 0.05) is 27.3 Å². The van der Waals surface area contributed by atoms with Crippen LogP contribution in [0.4, 0.5) is 5.69 Å². The highest BCUT2D eigenvalue weighted by molar-refractivity contribution is 9.10. The van der Waals surface area contributed by atoms with E-state index in [4.69, 9.17) is 4.42 Å². The van der Waals surface area contributed by atoms with Crippen LogP contribution in [0.25, 0.3) is 11.1 Å². The van der Waals surface area contributed by atoms with Crippen LogP contribution in [-0.2, 0) is 0 Å². The monoisotopic (exact) mass is 336 g/mol. The lowest BCUT2D eigenvalue weighted by molar-refractivity contribution is 0.561. The number of hydrogen-bond donors (Lipinski definition) is 1. The standard InChI is InChI=1S/C14H13BrN2OS/c1-8(14-5-10(15)7-19-14)16-11-3-4-13-12(6-11)17-9(2)18-13/h3-8,16H,1-2H3. The number of thiophene rings is 1. The average Bonchev–Trinajstić information content (AvgIpc) is 2.93. The summed E-state index contributed by atoms with van der Waals surface area (Å²) in [6, 6.07) is 8.40. The SMILES string of the molecule is Cc1nc2cc(NC(C)c3cc(Br)cs3)ccc2o1. The molecule has 0 fully saturated rings. The molecule has 2 heterocycles. The van der Waals surface area contributed by atoms with Gasteiger partial charge in [0.05, 0.1) is 6.04 Å². The first-order chi connectivity index (χ1) is 9.11. The Kier molecular flexibility index (Phi) is 3.33. The van der Waals surface area contributed by atoms with E-state index in [1.54, 1.807) is 11.3 Å². The number of nitrogens with one attached hydrogen (secondary N) is 1. The zero-order chi connectivity index (χ0) is 13.4. The summed E-state index contributed by atoms with van der Waals surface area (Å²) < 4.78 is 6.60. The van der Waals surface area contributed by atoms with Crippen LogP contribution in [-0.4, -0.2) is 4.98 Å². The molecule has 1 unspecified atom stereocenters. The third kappa shape index (κ3) is 2.67. The highest BCUT2D eigenvalue weighted by Gasteiger charge is 2.09. The summed E-state index contributed by atoms with van der Waals surface area (Å²) in [6.07, 6.45) is 0. The van der Waals surface area contributed by atoms with Crippen molar-refractivity contribution in [3.05, 3.63) is 44.9 Å². The minimum absolute atomic E-state index is 0.266. The fourth-order valence-electron chi connectivity index (χ4n) is 2.01. The highest BCUT2D eigenvalue weighted by atomic mass is 79.9. The zero-order valence-electron chi connectivity index (χ0n) is 10.6. The first-order valence-electron chi connectivity index (χ1n) is 5.99. The van der Waals surface area contributed by atoms with E-state index >= 15 is 0 Å². The highest BCUT2D eigenvalue weighted by Crippen LogP contribution is 2.29. The van der Waals surface area contributed by atoms with Crippen LogP contribution in [0.1, 0.15) is 23.7 Å². The van der Waals surface area contributed by atoms with E-state index in [1.807, 2.05) is 25.1 Å². The molecule has 3 rings (SSSR count). The van der Waals surface area contributed by atoms with Gasteiger partial charge in [0.2, 0.25) is 0 Å². The fraction of sp³-hybridized carbons (Fsp3) is 0.214. The van der Waals surface area contributed by atoms with E-state index in [-0.39, 0.29) is 6.04 Å². The molecule has 3 aromatic rings. The van der Waals surface area contributed by atoms with Crippen molar-refractivity contribution in [2.24, 2.45) is 0 Å². The summed E-state index contributed by atoms with van der Waals surface area (Å²) in [5.41, 5.74) is 2.77. The maximum atomic E-state index is 5.47. The molecule has 0 saturated heterocycles. The van der Waals surface area contributed by atoms with Crippen molar-refractivity contribution in [2.45, 2.75) is 19.9 Å². The number of aryl methyl sites for hydroxylation is 1. The van der Waals surface area contributed by atoms with Gasteiger partial charge in [0.15, 0.2) is 11.5 Å². The van der Waals surface area contributed by atoms with Crippen molar-refractivity contribution in [2.75, 3.05) is 5.32 Å². The Morgan fingerprint density at radius 1 is 1.37 bits per heavy atom. The minimum Gasteiger partial charge on any atom is -0.441 e. The normalized spacial score (nSPS) is 12.8. The average molecular weight is 337 g/mol. The molecule has 0 radical (unpaired) electrons. The molecule has 0 saturated carbocycles. The van der Waals surface area contributed by atoms with E-state index in [2.05, 4.69) is 44.6 Å². The molecule has 98 valence electrons. The van der Waals surface area contributed by atoms with Crippen LogP contribution in [0.15, 0.2) is 38.5 Å². The molecule has 0 aliphatic carbocycles. The lowest BCUT2D eigenvalue weighted by atomic mass is 10.2. The van der Waals surface area contributed by atoms with Crippen LogP contribution < -0.4 is 5.32 Å². The predicted octanol–water partition coefficient (Wildman–Crippen LogP) is 5.13. The molecule has 0 amide bonds. The smallest absolute Gasteiger partial charge is 0.192 e. The molecule has 0 spiro atoms. The summed E-state index contributed by atoms with van der Waals surface area (Å²) in [4.78, 5) is 5.64. The summed E-state index contributed by atoms with van der Waals surface area (Å²) in [6.45, 7) is 4.01. The lowest BCUT2D eigenvalue weighted by Crippen LogP contribution is -2.04. The Labute approximate surface area is 123 Å². The van der Waals surface area contributed by atoms with Gasteiger partial charge >= 0.3 is 0 Å². The fourth-order valence-corrected chi connectivity index (χ4v) is 3.46. The second-order valence-electron chi connectivity index (χ2n) is 4.45. The predicted molar refractivity (Wildman–Crippen MR) is 82.8 cm³/mol. The number of fused-ring (bicyclic) bond motifs is 1. The molecule has 3 nitrogen and oxygen atoms in total. The van der Waals surface area contributed by atoms with Gasteiger partial charge in [0.1, 0.15) is 5.52 Å². The van der Waals surface area contributed by atoms with E-state index in [0.29, 0.717) is 5.89 Å². The Bertz CT molecular complexity index is 719. The van der Waals surface area contributed by atoms with E-state index < -0.39 is 0 Å². The Morgan fingerprint density at radius 2 is 2.21 bits per heavy atom. The first-order valence-corrected chi connectivity index (χ1v) is 7.67. The van der Waals surface area contributed by atoms with Crippen LogP contribution >= 0.6 is 27.3 Å². The number of hydrogen-bond acceptors (Lipinski definition) is 4. The third-order valence-electron chi connectivity index (χ3n) is 2.89. The van der Waals surface area contributed by atoms with Gasteiger partial charge in [-0.2, -0.15) is 0 Å². The second-order valence-corrected chi connectivity index (χ2v) is 6.31. The Morgan fingerprint density at radius 3 is 2.95 bits per heavy atom. The maximum absolute atomic E-state index is 5.47. The Hall–Kier alpha value is -1.33. The molecule has 0 aliphatic rings. The van der Waals surface area contributed by atoms with Crippen LogP contribution in [0.3, 0.4) is 0 Å². The van der Waals surface area contributed by atoms with Gasteiger partial charge in [-0.1, -0.05) is 0 Å². The minimum atomic E-state index is 0.266. The van der Waals surface area contributed by atoms with Gasteiger partial charge < -0.3 is 9.73 Å². The first kappa shape index (κ1) is 12.7. The van der Waals surface area contributed by atoms with Gasteiger partial charge in [-0.25, -0.2) is 4.98 Å². The molecular formula is C14H13BrN2OS.